The fourth-order valence-electron chi connectivity index (χ4n) is 2.48. The van der Waals surface area contributed by atoms with Crippen molar-refractivity contribution in [2.75, 3.05) is 0 Å². The fraction of sp³-hybridized carbons (Fsp3) is 0.929. The molecule has 0 radical (unpaired) electrons. The Morgan fingerprint density at radius 3 is 2.61 bits per heavy atom. The molecule has 4 heteroatoms. The monoisotopic (exact) mass is 256 g/mol. The number of hydrogen-bond acceptors (Lipinski definition) is 3. The fourth-order valence-corrected chi connectivity index (χ4v) is 2.48. The summed E-state index contributed by atoms with van der Waals surface area (Å²) in [5.41, 5.74) is 5.69. The molecule has 1 saturated carbocycles. The summed E-state index contributed by atoms with van der Waals surface area (Å²) >= 11 is 0. The van der Waals surface area contributed by atoms with Gasteiger partial charge in [-0.1, -0.05) is 26.2 Å². The van der Waals surface area contributed by atoms with E-state index in [0.717, 1.165) is 44.9 Å². The van der Waals surface area contributed by atoms with Gasteiger partial charge in [-0.05, 0) is 32.6 Å². The maximum absolute atomic E-state index is 12.0. The Bertz CT molecular complexity index is 256. The first-order valence-electron chi connectivity index (χ1n) is 7.24. The van der Waals surface area contributed by atoms with Gasteiger partial charge in [0, 0.05) is 12.0 Å². The highest BCUT2D eigenvalue weighted by Gasteiger charge is 2.25. The van der Waals surface area contributed by atoms with E-state index < -0.39 is 0 Å². The summed E-state index contributed by atoms with van der Waals surface area (Å²) in [6, 6.07) is 0.169. The third-order valence-corrected chi connectivity index (χ3v) is 3.80. The lowest BCUT2D eigenvalue weighted by molar-refractivity contribution is -0.126. The van der Waals surface area contributed by atoms with E-state index in [1.165, 1.54) is 0 Å². The number of carbonyl (C=O) groups excluding carboxylic acids is 1. The molecule has 106 valence electrons. The quantitative estimate of drug-likeness (QED) is 0.675. The summed E-state index contributed by atoms with van der Waals surface area (Å²) < 4.78 is 0. The van der Waals surface area contributed by atoms with Gasteiger partial charge in [0.15, 0.2) is 0 Å². The molecule has 0 spiro atoms. The van der Waals surface area contributed by atoms with Crippen molar-refractivity contribution in [3.8, 4) is 0 Å². The van der Waals surface area contributed by atoms with Gasteiger partial charge in [0.2, 0.25) is 5.91 Å². The van der Waals surface area contributed by atoms with Crippen LogP contribution in [0.15, 0.2) is 0 Å². The van der Waals surface area contributed by atoms with Gasteiger partial charge >= 0.3 is 0 Å². The average molecular weight is 256 g/mol. The van der Waals surface area contributed by atoms with Gasteiger partial charge in [0.05, 0.1) is 12.1 Å². The van der Waals surface area contributed by atoms with Crippen LogP contribution < -0.4 is 11.1 Å². The number of carbonyl (C=O) groups is 1. The van der Waals surface area contributed by atoms with E-state index in [1.807, 2.05) is 13.8 Å². The van der Waals surface area contributed by atoms with Crippen LogP contribution in [0.1, 0.15) is 58.8 Å². The summed E-state index contributed by atoms with van der Waals surface area (Å²) in [6.07, 6.45) is 6.33. The molecule has 1 rings (SSSR count). The van der Waals surface area contributed by atoms with Crippen molar-refractivity contribution in [1.82, 2.24) is 5.32 Å². The zero-order chi connectivity index (χ0) is 13.5. The van der Waals surface area contributed by atoms with Crippen LogP contribution in [-0.4, -0.2) is 29.2 Å². The molecule has 0 aromatic rings. The van der Waals surface area contributed by atoms with Crippen molar-refractivity contribution in [2.24, 2.45) is 11.7 Å². The molecule has 0 aromatic carbocycles. The maximum atomic E-state index is 12.0. The molecule has 4 atom stereocenters. The lowest BCUT2D eigenvalue weighted by atomic mass is 9.91. The molecule has 2 unspecified atom stereocenters. The zero-order valence-electron chi connectivity index (χ0n) is 11.7. The van der Waals surface area contributed by atoms with Crippen LogP contribution in [-0.2, 0) is 4.79 Å². The average Bonchev–Trinajstić information content (AvgIpc) is 2.31. The van der Waals surface area contributed by atoms with Gasteiger partial charge in [-0.25, -0.2) is 0 Å². The molecule has 0 saturated heterocycles. The van der Waals surface area contributed by atoms with Crippen molar-refractivity contribution < 1.29 is 9.90 Å². The largest absolute Gasteiger partial charge is 0.391 e. The molecule has 4 N–H and O–H groups in total. The highest BCUT2D eigenvalue weighted by atomic mass is 16.3. The van der Waals surface area contributed by atoms with Crippen LogP contribution in [0.5, 0.6) is 0 Å². The highest BCUT2D eigenvalue weighted by Crippen LogP contribution is 2.19. The summed E-state index contributed by atoms with van der Waals surface area (Å²) in [4.78, 5) is 12.0. The topological polar surface area (TPSA) is 75.4 Å². The molecule has 0 aliphatic heterocycles. The van der Waals surface area contributed by atoms with Crippen LogP contribution >= 0.6 is 0 Å². The van der Waals surface area contributed by atoms with Crippen molar-refractivity contribution in [2.45, 2.75) is 77.0 Å². The lowest BCUT2D eigenvalue weighted by Gasteiger charge is -2.29. The molecule has 0 aromatic heterocycles. The normalized spacial score (nSPS) is 27.6. The Kier molecular flexibility index (Phi) is 6.65. The van der Waals surface area contributed by atoms with Gasteiger partial charge in [-0.2, -0.15) is 0 Å². The number of aliphatic hydroxyl groups is 1. The highest BCUT2D eigenvalue weighted by molar-refractivity contribution is 5.78. The number of nitrogens with one attached hydrogen (secondary N) is 1. The number of nitrogens with two attached hydrogens (primary N) is 1. The first kappa shape index (κ1) is 15.4. The van der Waals surface area contributed by atoms with Crippen molar-refractivity contribution in [3.63, 3.8) is 0 Å². The molecule has 1 amide bonds. The predicted octanol–water partition coefficient (Wildman–Crippen LogP) is 1.56. The molecule has 0 heterocycles. The van der Waals surface area contributed by atoms with E-state index in [9.17, 15) is 9.90 Å². The summed E-state index contributed by atoms with van der Waals surface area (Å²) in [5, 5.41) is 12.8. The van der Waals surface area contributed by atoms with Crippen LogP contribution in [0.3, 0.4) is 0 Å². The molecule has 4 nitrogen and oxygen atoms in total. The molecule has 1 aliphatic carbocycles. The van der Waals surface area contributed by atoms with E-state index in [4.69, 9.17) is 5.73 Å². The molecular formula is C14H28N2O2. The molecule has 1 fully saturated rings. The maximum Gasteiger partial charge on any atom is 0.223 e. The van der Waals surface area contributed by atoms with Crippen LogP contribution in [0.25, 0.3) is 0 Å². The Balaban J connectivity index is 2.26. The van der Waals surface area contributed by atoms with E-state index in [1.54, 1.807) is 0 Å². The second-order valence-electron chi connectivity index (χ2n) is 5.78. The van der Waals surface area contributed by atoms with Gasteiger partial charge in [-0.3, -0.25) is 4.79 Å². The second kappa shape index (κ2) is 7.74. The van der Waals surface area contributed by atoms with Crippen molar-refractivity contribution >= 4 is 5.91 Å². The minimum atomic E-state index is -0.362. The molecule has 18 heavy (non-hydrogen) atoms. The SMILES string of the molecule is CC(N)CCCC(C)C(=O)N[C@@H]1CCCC[C@H]1O. The summed E-state index contributed by atoms with van der Waals surface area (Å²) in [5.74, 6) is 0.0866. The molecular weight excluding hydrogens is 228 g/mol. The standard InChI is InChI=1S/C14H28N2O2/c1-10(6-5-7-11(2)15)14(18)16-12-8-3-4-9-13(12)17/h10-13,17H,3-9,15H2,1-2H3,(H,16,18)/t10?,11?,12-,13-/m1/s1. The van der Waals surface area contributed by atoms with Crippen molar-refractivity contribution in [1.29, 1.82) is 0 Å². The first-order chi connectivity index (χ1) is 8.50. The van der Waals surface area contributed by atoms with Gasteiger partial charge in [0.1, 0.15) is 0 Å². The third-order valence-electron chi connectivity index (χ3n) is 3.80. The van der Waals surface area contributed by atoms with Crippen LogP contribution in [0.2, 0.25) is 0 Å². The van der Waals surface area contributed by atoms with Crippen LogP contribution in [0.4, 0.5) is 0 Å². The number of rotatable bonds is 6. The van der Waals surface area contributed by atoms with Gasteiger partial charge in [0.25, 0.3) is 0 Å². The zero-order valence-corrected chi connectivity index (χ0v) is 11.7. The second-order valence-corrected chi connectivity index (χ2v) is 5.78. The summed E-state index contributed by atoms with van der Waals surface area (Å²) in [6.45, 7) is 3.94. The smallest absolute Gasteiger partial charge is 0.223 e. The number of hydrogen-bond donors (Lipinski definition) is 3. The van der Waals surface area contributed by atoms with E-state index in [-0.39, 0.29) is 30.0 Å². The Labute approximate surface area is 110 Å². The molecule has 0 bridgehead atoms. The number of amides is 1. The van der Waals surface area contributed by atoms with E-state index >= 15 is 0 Å². The Morgan fingerprint density at radius 1 is 1.33 bits per heavy atom. The minimum absolute atomic E-state index is 0.0119. The minimum Gasteiger partial charge on any atom is -0.391 e. The van der Waals surface area contributed by atoms with Gasteiger partial charge in [-0.15, -0.1) is 0 Å². The Hall–Kier alpha value is -0.610. The molecule has 1 aliphatic rings. The lowest BCUT2D eigenvalue weighted by Crippen LogP contribution is -2.46. The summed E-state index contributed by atoms with van der Waals surface area (Å²) in [7, 11) is 0. The van der Waals surface area contributed by atoms with E-state index in [2.05, 4.69) is 5.32 Å². The third kappa shape index (κ3) is 5.36. The first-order valence-corrected chi connectivity index (χ1v) is 7.24. The predicted molar refractivity (Wildman–Crippen MR) is 73.1 cm³/mol. The van der Waals surface area contributed by atoms with Crippen molar-refractivity contribution in [3.05, 3.63) is 0 Å². The van der Waals surface area contributed by atoms with Gasteiger partial charge < -0.3 is 16.2 Å². The van der Waals surface area contributed by atoms with E-state index in [0.29, 0.717) is 0 Å². The number of aliphatic hydroxyl groups excluding tert-OH is 1. The van der Waals surface area contributed by atoms with Crippen LogP contribution in [0, 0.1) is 5.92 Å². The Morgan fingerprint density at radius 2 is 2.00 bits per heavy atom.